The third kappa shape index (κ3) is 3.09. The second kappa shape index (κ2) is 6.80. The fourth-order valence-electron chi connectivity index (χ4n) is 3.53. The molecule has 0 radical (unpaired) electrons. The lowest BCUT2D eigenvalue weighted by Crippen LogP contribution is -2.20. The molecule has 3 aromatic heterocycles. The number of para-hydroxylation sites is 1. The van der Waals surface area contributed by atoms with E-state index >= 15 is 0 Å². The van der Waals surface area contributed by atoms with Crippen LogP contribution in [0.1, 0.15) is 12.5 Å². The number of hydrogen-bond donors (Lipinski definition) is 1. The van der Waals surface area contributed by atoms with Gasteiger partial charge in [-0.25, -0.2) is 0 Å². The molecule has 1 aliphatic heterocycles. The van der Waals surface area contributed by atoms with Crippen LogP contribution in [0, 0.1) is 0 Å². The lowest BCUT2D eigenvalue weighted by Gasteiger charge is -2.18. The number of pyridine rings is 1. The van der Waals surface area contributed by atoms with Crippen LogP contribution in [0.2, 0.25) is 0 Å². The van der Waals surface area contributed by atoms with E-state index in [1.165, 1.54) is 11.9 Å². The Hall–Kier alpha value is -3.68. The Kier molecular flexibility index (Phi) is 4.01. The summed E-state index contributed by atoms with van der Waals surface area (Å²) in [7, 11) is 0. The molecule has 8 nitrogen and oxygen atoms in total. The lowest BCUT2D eigenvalue weighted by molar-refractivity contribution is 0.438. The monoisotopic (exact) mass is 374 g/mol. The van der Waals surface area contributed by atoms with Crippen molar-refractivity contribution >= 4 is 16.6 Å². The van der Waals surface area contributed by atoms with Gasteiger partial charge in [0.05, 0.1) is 35.5 Å². The summed E-state index contributed by atoms with van der Waals surface area (Å²) >= 11 is 0. The van der Waals surface area contributed by atoms with Gasteiger partial charge in [-0.2, -0.15) is 10.1 Å². The maximum atomic E-state index is 12.1. The molecule has 1 unspecified atom stereocenters. The average Bonchev–Trinajstić information content (AvgIpc) is 3.38. The van der Waals surface area contributed by atoms with E-state index in [9.17, 15) is 4.79 Å². The van der Waals surface area contributed by atoms with Crippen LogP contribution in [0.25, 0.3) is 10.9 Å². The molecular weight excluding hydrogens is 356 g/mol. The Morgan fingerprint density at radius 3 is 2.93 bits per heavy atom. The molecule has 0 spiro atoms. The van der Waals surface area contributed by atoms with E-state index in [0.29, 0.717) is 16.7 Å². The smallest absolute Gasteiger partial charge is 0.302 e. The highest BCUT2D eigenvalue weighted by Crippen LogP contribution is 2.28. The summed E-state index contributed by atoms with van der Waals surface area (Å²) in [5.74, 6) is 0.532. The first-order chi connectivity index (χ1) is 13.8. The van der Waals surface area contributed by atoms with Crippen molar-refractivity contribution in [2.45, 2.75) is 12.5 Å². The molecule has 4 aromatic rings. The van der Waals surface area contributed by atoms with Gasteiger partial charge in [-0.15, -0.1) is 0 Å². The van der Waals surface area contributed by atoms with Gasteiger partial charge in [0.1, 0.15) is 0 Å². The second-order valence-corrected chi connectivity index (χ2v) is 6.75. The molecule has 28 heavy (non-hydrogen) atoms. The zero-order valence-electron chi connectivity index (χ0n) is 15.0. The van der Waals surface area contributed by atoms with E-state index in [0.717, 1.165) is 19.5 Å². The predicted molar refractivity (Wildman–Crippen MR) is 105 cm³/mol. The molecule has 0 aliphatic carbocycles. The quantitative estimate of drug-likeness (QED) is 0.591. The van der Waals surface area contributed by atoms with Gasteiger partial charge < -0.3 is 9.64 Å². The van der Waals surface area contributed by atoms with E-state index in [2.05, 4.69) is 49.2 Å². The molecule has 1 saturated heterocycles. The largest absolute Gasteiger partial charge is 0.422 e. The van der Waals surface area contributed by atoms with Crippen LogP contribution in [-0.4, -0.2) is 37.8 Å². The molecule has 140 valence electrons. The Bertz CT molecular complexity index is 1170. The maximum Gasteiger partial charge on any atom is 0.302 e. The van der Waals surface area contributed by atoms with Crippen LogP contribution in [-0.2, 0) is 0 Å². The minimum atomic E-state index is -0.260. The summed E-state index contributed by atoms with van der Waals surface area (Å²) in [5.41, 5.74) is 1.45. The number of nitrogens with zero attached hydrogens (tertiary/aromatic N) is 5. The van der Waals surface area contributed by atoms with Gasteiger partial charge in [0.25, 0.3) is 5.56 Å². The number of benzene rings is 1. The minimum absolute atomic E-state index is 0.127. The SMILES string of the molecule is O=c1[nH]c(Oc2cnn(C3CCN(c4ccccc4)C3)c2)nc2cnccc12. The van der Waals surface area contributed by atoms with Crippen molar-refractivity contribution in [3.8, 4) is 11.8 Å². The number of aromatic nitrogens is 5. The highest BCUT2D eigenvalue weighted by Gasteiger charge is 2.25. The molecule has 5 rings (SSSR count). The molecule has 4 heterocycles. The summed E-state index contributed by atoms with van der Waals surface area (Å²) in [5, 5.41) is 4.92. The van der Waals surface area contributed by atoms with Crippen molar-refractivity contribution in [3.05, 3.63) is 71.5 Å². The Morgan fingerprint density at radius 2 is 2.04 bits per heavy atom. The first-order valence-corrected chi connectivity index (χ1v) is 9.12. The molecule has 8 heteroatoms. The van der Waals surface area contributed by atoms with Gasteiger partial charge in [0.2, 0.25) is 0 Å². The lowest BCUT2D eigenvalue weighted by atomic mass is 10.3. The summed E-state index contributed by atoms with van der Waals surface area (Å²) in [6.45, 7) is 1.87. The molecular formula is C20H18N6O2. The van der Waals surface area contributed by atoms with Gasteiger partial charge >= 0.3 is 6.01 Å². The van der Waals surface area contributed by atoms with Gasteiger partial charge in [-0.05, 0) is 24.6 Å². The molecule has 0 saturated carbocycles. The third-order valence-corrected chi connectivity index (χ3v) is 4.94. The first-order valence-electron chi connectivity index (χ1n) is 9.12. The van der Waals surface area contributed by atoms with Gasteiger partial charge in [0, 0.05) is 25.0 Å². The number of hydrogen-bond acceptors (Lipinski definition) is 6. The Balaban J connectivity index is 1.32. The number of nitrogens with one attached hydrogen (secondary N) is 1. The molecule has 1 N–H and O–H groups in total. The van der Waals surface area contributed by atoms with E-state index in [1.54, 1.807) is 18.5 Å². The summed E-state index contributed by atoms with van der Waals surface area (Å²) in [6.07, 6.45) is 7.58. The number of anilines is 1. The topological polar surface area (TPSA) is 88.9 Å². The van der Waals surface area contributed by atoms with E-state index in [1.807, 2.05) is 16.9 Å². The highest BCUT2D eigenvalue weighted by molar-refractivity contribution is 5.76. The van der Waals surface area contributed by atoms with Crippen molar-refractivity contribution in [3.63, 3.8) is 0 Å². The van der Waals surface area contributed by atoms with Crippen LogP contribution in [0.3, 0.4) is 0 Å². The molecule has 1 fully saturated rings. The first kappa shape index (κ1) is 16.5. The van der Waals surface area contributed by atoms with Crippen LogP contribution in [0.15, 0.2) is 66.0 Å². The van der Waals surface area contributed by atoms with Crippen LogP contribution in [0.5, 0.6) is 11.8 Å². The van der Waals surface area contributed by atoms with Crippen molar-refractivity contribution in [2.75, 3.05) is 18.0 Å². The van der Waals surface area contributed by atoms with Crippen LogP contribution in [0.4, 0.5) is 5.69 Å². The molecule has 1 atom stereocenters. The Labute approximate surface area is 160 Å². The number of fused-ring (bicyclic) bond motifs is 1. The Morgan fingerprint density at radius 1 is 1.14 bits per heavy atom. The van der Waals surface area contributed by atoms with Crippen molar-refractivity contribution in [1.29, 1.82) is 0 Å². The van der Waals surface area contributed by atoms with E-state index < -0.39 is 0 Å². The normalized spacial score (nSPS) is 16.6. The fourth-order valence-corrected chi connectivity index (χ4v) is 3.53. The third-order valence-electron chi connectivity index (χ3n) is 4.94. The number of rotatable bonds is 4. The van der Waals surface area contributed by atoms with Gasteiger partial charge in [-0.3, -0.25) is 19.4 Å². The molecule has 1 aromatic carbocycles. The molecule has 1 aliphatic rings. The molecule has 0 bridgehead atoms. The van der Waals surface area contributed by atoms with Crippen molar-refractivity contribution in [2.24, 2.45) is 0 Å². The minimum Gasteiger partial charge on any atom is -0.422 e. The number of aromatic amines is 1. The average molecular weight is 374 g/mol. The standard InChI is InChI=1S/C20H18N6O2/c27-19-17-6-8-21-11-18(17)23-20(24-19)28-16-10-22-26(13-16)15-7-9-25(12-15)14-4-2-1-3-5-14/h1-6,8,10-11,13,15H,7,9,12H2,(H,23,24,27). The van der Waals surface area contributed by atoms with Crippen molar-refractivity contribution in [1.82, 2.24) is 24.7 Å². The molecule has 0 amide bonds. The second-order valence-electron chi connectivity index (χ2n) is 6.75. The van der Waals surface area contributed by atoms with E-state index in [-0.39, 0.29) is 17.6 Å². The summed E-state index contributed by atoms with van der Waals surface area (Å²) < 4.78 is 7.64. The van der Waals surface area contributed by atoms with Crippen LogP contribution < -0.4 is 15.2 Å². The van der Waals surface area contributed by atoms with Gasteiger partial charge in [-0.1, -0.05) is 18.2 Å². The zero-order chi connectivity index (χ0) is 18.9. The predicted octanol–water partition coefficient (Wildman–Crippen LogP) is 2.76. The zero-order valence-corrected chi connectivity index (χ0v) is 15.0. The van der Waals surface area contributed by atoms with Crippen molar-refractivity contribution < 1.29 is 4.74 Å². The van der Waals surface area contributed by atoms with E-state index in [4.69, 9.17) is 4.74 Å². The number of H-pyrrole nitrogens is 1. The van der Waals surface area contributed by atoms with Gasteiger partial charge in [0.15, 0.2) is 5.75 Å². The van der Waals surface area contributed by atoms with Crippen LogP contribution >= 0.6 is 0 Å². The highest BCUT2D eigenvalue weighted by atomic mass is 16.5. The fraction of sp³-hybridized carbons (Fsp3) is 0.200. The summed E-state index contributed by atoms with van der Waals surface area (Å²) in [4.78, 5) is 25.4. The number of ether oxygens (including phenoxy) is 1. The maximum absolute atomic E-state index is 12.1. The summed E-state index contributed by atoms with van der Waals surface area (Å²) in [6, 6.07) is 12.4.